The molecule has 0 saturated heterocycles. The van der Waals surface area contributed by atoms with Gasteiger partial charge in [0, 0.05) is 19.4 Å². The van der Waals surface area contributed by atoms with E-state index in [1.807, 2.05) is 0 Å². The summed E-state index contributed by atoms with van der Waals surface area (Å²) in [5, 5.41) is 9.45. The molecule has 4 heteroatoms. The van der Waals surface area contributed by atoms with Crippen LogP contribution in [0, 0.1) is 11.3 Å². The summed E-state index contributed by atoms with van der Waals surface area (Å²) in [6, 6.07) is 5.83. The van der Waals surface area contributed by atoms with E-state index >= 15 is 0 Å². The molecule has 0 atom stereocenters. The average molecular weight is 243 g/mol. The Kier molecular flexibility index (Phi) is 3.61. The van der Waals surface area contributed by atoms with Crippen LogP contribution in [0.2, 0.25) is 0 Å². The number of pyridine rings is 1. The fourth-order valence-corrected chi connectivity index (χ4v) is 2.54. The minimum absolute atomic E-state index is 0.119. The van der Waals surface area contributed by atoms with Crippen LogP contribution in [0.5, 0.6) is 0 Å². The number of nitriles is 1. The van der Waals surface area contributed by atoms with E-state index in [1.165, 1.54) is 0 Å². The Balaban J connectivity index is 2.22. The van der Waals surface area contributed by atoms with E-state index in [0.717, 1.165) is 32.1 Å². The Hall–Kier alpha value is -1.89. The molecule has 0 aliphatic heterocycles. The van der Waals surface area contributed by atoms with Crippen molar-refractivity contribution in [3.8, 4) is 6.07 Å². The van der Waals surface area contributed by atoms with E-state index < -0.39 is 5.54 Å². The molecule has 1 fully saturated rings. The first-order chi connectivity index (χ1) is 8.69. The van der Waals surface area contributed by atoms with Crippen molar-refractivity contribution < 1.29 is 4.79 Å². The summed E-state index contributed by atoms with van der Waals surface area (Å²) in [4.78, 5) is 17.9. The lowest BCUT2D eigenvalue weighted by Gasteiger charge is -2.39. The Labute approximate surface area is 107 Å². The average Bonchev–Trinajstić information content (AvgIpc) is 2.47. The maximum atomic E-state index is 12.3. The predicted octanol–water partition coefficient (Wildman–Crippen LogP) is 2.38. The first kappa shape index (κ1) is 12.6. The van der Waals surface area contributed by atoms with Gasteiger partial charge in [-0.2, -0.15) is 5.26 Å². The van der Waals surface area contributed by atoms with Crippen LogP contribution in [0.3, 0.4) is 0 Å². The number of amides is 1. The zero-order valence-corrected chi connectivity index (χ0v) is 10.6. The first-order valence-electron chi connectivity index (χ1n) is 6.29. The molecule has 1 aliphatic rings. The van der Waals surface area contributed by atoms with Gasteiger partial charge in [-0.05, 0) is 25.0 Å². The summed E-state index contributed by atoms with van der Waals surface area (Å²) in [6.45, 7) is 0. The van der Waals surface area contributed by atoms with E-state index in [9.17, 15) is 10.1 Å². The first-order valence-corrected chi connectivity index (χ1v) is 6.29. The van der Waals surface area contributed by atoms with Crippen LogP contribution < -0.4 is 0 Å². The van der Waals surface area contributed by atoms with Crippen molar-refractivity contribution in [3.63, 3.8) is 0 Å². The molecule has 94 valence electrons. The Morgan fingerprint density at radius 1 is 1.44 bits per heavy atom. The zero-order valence-electron chi connectivity index (χ0n) is 10.6. The largest absolute Gasteiger partial charge is 0.323 e. The minimum Gasteiger partial charge on any atom is -0.323 e. The van der Waals surface area contributed by atoms with Crippen molar-refractivity contribution in [1.29, 1.82) is 5.26 Å². The van der Waals surface area contributed by atoms with Crippen molar-refractivity contribution in [2.45, 2.75) is 37.6 Å². The third-order valence-corrected chi connectivity index (χ3v) is 3.74. The molecule has 2 rings (SSSR count). The summed E-state index contributed by atoms with van der Waals surface area (Å²) in [7, 11) is 1.73. The molecule has 0 unspecified atom stereocenters. The molecule has 0 radical (unpaired) electrons. The van der Waals surface area contributed by atoms with Crippen LogP contribution in [0.25, 0.3) is 0 Å². The van der Waals surface area contributed by atoms with Gasteiger partial charge < -0.3 is 4.90 Å². The van der Waals surface area contributed by atoms with Gasteiger partial charge in [0.15, 0.2) is 0 Å². The fourth-order valence-electron chi connectivity index (χ4n) is 2.54. The maximum Gasteiger partial charge on any atom is 0.256 e. The lowest BCUT2D eigenvalue weighted by atomic mass is 9.81. The summed E-state index contributed by atoms with van der Waals surface area (Å²) in [5.41, 5.74) is -0.0919. The topological polar surface area (TPSA) is 57.0 Å². The van der Waals surface area contributed by atoms with Gasteiger partial charge in [-0.1, -0.05) is 19.3 Å². The van der Waals surface area contributed by atoms with Crippen molar-refractivity contribution in [1.82, 2.24) is 9.88 Å². The Morgan fingerprint density at radius 2 is 2.17 bits per heavy atom. The van der Waals surface area contributed by atoms with Crippen LogP contribution in [0.4, 0.5) is 0 Å². The van der Waals surface area contributed by atoms with Crippen LogP contribution in [-0.2, 0) is 0 Å². The number of carbonyl (C=O) groups is 1. The van der Waals surface area contributed by atoms with Crippen molar-refractivity contribution >= 4 is 5.91 Å². The second-order valence-corrected chi connectivity index (χ2v) is 4.81. The van der Waals surface area contributed by atoms with E-state index in [1.54, 1.807) is 36.5 Å². The highest BCUT2D eigenvalue weighted by Gasteiger charge is 2.39. The Bertz CT molecular complexity index is 458. The summed E-state index contributed by atoms with van der Waals surface area (Å²) in [5.74, 6) is -0.119. The lowest BCUT2D eigenvalue weighted by molar-refractivity contribution is 0.0588. The van der Waals surface area contributed by atoms with E-state index in [0.29, 0.717) is 5.56 Å². The standard InChI is InChI=1S/C14H17N3O/c1-17(13(18)12-6-5-9-16-10-12)14(11-15)7-3-2-4-8-14/h5-6,9-10H,2-4,7-8H2,1H3. The van der Waals surface area contributed by atoms with E-state index in [-0.39, 0.29) is 5.91 Å². The van der Waals surface area contributed by atoms with Gasteiger partial charge >= 0.3 is 0 Å². The van der Waals surface area contributed by atoms with E-state index in [2.05, 4.69) is 11.1 Å². The molecule has 4 nitrogen and oxygen atoms in total. The van der Waals surface area contributed by atoms with Crippen LogP contribution in [-0.4, -0.2) is 28.4 Å². The number of aromatic nitrogens is 1. The number of rotatable bonds is 2. The molecule has 0 spiro atoms. The van der Waals surface area contributed by atoms with Crippen LogP contribution in [0.1, 0.15) is 42.5 Å². The summed E-state index contributed by atoms with van der Waals surface area (Å²) in [6.07, 6.45) is 7.90. The monoisotopic (exact) mass is 243 g/mol. The Morgan fingerprint density at radius 3 is 2.72 bits per heavy atom. The van der Waals surface area contributed by atoms with Gasteiger partial charge in [0.1, 0.15) is 5.54 Å². The minimum atomic E-state index is -0.634. The van der Waals surface area contributed by atoms with Gasteiger partial charge in [-0.25, -0.2) is 0 Å². The highest BCUT2D eigenvalue weighted by Crippen LogP contribution is 2.33. The third kappa shape index (κ3) is 2.21. The number of carbonyl (C=O) groups excluding carboxylic acids is 1. The SMILES string of the molecule is CN(C(=O)c1cccnc1)C1(C#N)CCCCC1. The highest BCUT2D eigenvalue weighted by molar-refractivity contribution is 5.94. The van der Waals surface area contributed by atoms with Crippen molar-refractivity contribution in [2.24, 2.45) is 0 Å². The smallest absolute Gasteiger partial charge is 0.256 e. The number of hydrogen-bond donors (Lipinski definition) is 0. The normalized spacial score (nSPS) is 17.8. The van der Waals surface area contributed by atoms with Crippen LogP contribution >= 0.6 is 0 Å². The van der Waals surface area contributed by atoms with Crippen LogP contribution in [0.15, 0.2) is 24.5 Å². The second kappa shape index (κ2) is 5.18. The van der Waals surface area contributed by atoms with Gasteiger partial charge in [-0.15, -0.1) is 0 Å². The maximum absolute atomic E-state index is 12.3. The van der Waals surface area contributed by atoms with Gasteiger partial charge in [0.25, 0.3) is 5.91 Å². The van der Waals surface area contributed by atoms with Gasteiger partial charge in [0.05, 0.1) is 11.6 Å². The molecule has 1 aliphatic carbocycles. The number of hydrogen-bond acceptors (Lipinski definition) is 3. The molecule has 1 aromatic heterocycles. The molecule has 1 saturated carbocycles. The third-order valence-electron chi connectivity index (χ3n) is 3.74. The molecule has 18 heavy (non-hydrogen) atoms. The molecular formula is C14H17N3O. The molecule has 1 aromatic rings. The summed E-state index contributed by atoms with van der Waals surface area (Å²) < 4.78 is 0. The molecular weight excluding hydrogens is 226 g/mol. The lowest BCUT2D eigenvalue weighted by Crippen LogP contribution is -2.49. The van der Waals surface area contributed by atoms with Crippen molar-refractivity contribution in [3.05, 3.63) is 30.1 Å². The highest BCUT2D eigenvalue weighted by atomic mass is 16.2. The molecule has 1 heterocycles. The zero-order chi connectivity index (χ0) is 13.0. The fraction of sp³-hybridized carbons (Fsp3) is 0.500. The molecule has 0 N–H and O–H groups in total. The van der Waals surface area contributed by atoms with E-state index in [4.69, 9.17) is 0 Å². The van der Waals surface area contributed by atoms with Gasteiger partial charge in [-0.3, -0.25) is 9.78 Å². The number of nitrogens with zero attached hydrogens (tertiary/aromatic N) is 3. The summed E-state index contributed by atoms with van der Waals surface area (Å²) >= 11 is 0. The van der Waals surface area contributed by atoms with Crippen molar-refractivity contribution in [2.75, 3.05) is 7.05 Å². The second-order valence-electron chi connectivity index (χ2n) is 4.81. The molecule has 0 bridgehead atoms. The quantitative estimate of drug-likeness (QED) is 0.801. The van der Waals surface area contributed by atoms with Gasteiger partial charge in [0.2, 0.25) is 0 Å². The molecule has 1 amide bonds. The predicted molar refractivity (Wildman–Crippen MR) is 67.8 cm³/mol. The molecule has 0 aromatic carbocycles.